The molecule has 0 heterocycles. The number of nitrogens with one attached hydrogen (secondary N) is 2. The van der Waals surface area contributed by atoms with Gasteiger partial charge in [-0.15, -0.1) is 0 Å². The highest BCUT2D eigenvalue weighted by Crippen LogP contribution is 2.19. The van der Waals surface area contributed by atoms with Gasteiger partial charge in [0.05, 0.1) is 6.61 Å². The molecule has 5 nitrogen and oxygen atoms in total. The number of carbonyl (C=O) groups is 1. The van der Waals surface area contributed by atoms with Gasteiger partial charge < -0.3 is 20.5 Å². The van der Waals surface area contributed by atoms with Crippen LogP contribution in [0.3, 0.4) is 0 Å². The predicted molar refractivity (Wildman–Crippen MR) is 89.3 cm³/mol. The number of rotatable bonds is 8. The fraction of sp³-hybridized carbons (Fsp3) is 0.588. The van der Waals surface area contributed by atoms with Crippen LogP contribution in [0.1, 0.15) is 34.1 Å². The monoisotopic (exact) mass is 308 g/mol. The summed E-state index contributed by atoms with van der Waals surface area (Å²) in [5.74, 6) is 1.20. The van der Waals surface area contributed by atoms with Gasteiger partial charge in [0.25, 0.3) is 0 Å². The van der Waals surface area contributed by atoms with Gasteiger partial charge in [0.15, 0.2) is 0 Å². The Hall–Kier alpha value is -1.75. The molecular weight excluding hydrogens is 280 g/mol. The summed E-state index contributed by atoms with van der Waals surface area (Å²) in [5, 5.41) is 14.6. The average molecular weight is 308 g/mol. The molecule has 0 aliphatic rings. The number of carbonyl (C=O) groups excluding carboxylic acids is 1. The van der Waals surface area contributed by atoms with Gasteiger partial charge in [0, 0.05) is 24.9 Å². The highest BCUT2D eigenvalue weighted by molar-refractivity contribution is 5.89. The van der Waals surface area contributed by atoms with Crippen LogP contribution in [0.25, 0.3) is 0 Å². The number of aliphatic hydroxyl groups excluding tert-OH is 1. The van der Waals surface area contributed by atoms with Gasteiger partial charge in [0.1, 0.15) is 5.75 Å². The van der Waals surface area contributed by atoms with E-state index in [9.17, 15) is 4.79 Å². The van der Waals surface area contributed by atoms with Crippen molar-refractivity contribution in [2.45, 2.75) is 34.1 Å². The molecule has 1 aromatic rings. The van der Waals surface area contributed by atoms with Crippen molar-refractivity contribution in [3.05, 3.63) is 24.3 Å². The van der Waals surface area contributed by atoms with E-state index in [2.05, 4.69) is 24.5 Å². The minimum absolute atomic E-state index is 0.117. The van der Waals surface area contributed by atoms with Gasteiger partial charge >= 0.3 is 6.03 Å². The smallest absolute Gasteiger partial charge is 0.319 e. The topological polar surface area (TPSA) is 70.6 Å². The lowest BCUT2D eigenvalue weighted by Crippen LogP contribution is -2.37. The van der Waals surface area contributed by atoms with Crippen molar-refractivity contribution in [2.24, 2.45) is 11.3 Å². The van der Waals surface area contributed by atoms with E-state index in [4.69, 9.17) is 9.84 Å². The Morgan fingerprint density at radius 3 is 2.73 bits per heavy atom. The molecule has 0 unspecified atom stereocenters. The van der Waals surface area contributed by atoms with E-state index in [1.165, 1.54) is 0 Å². The van der Waals surface area contributed by atoms with Crippen molar-refractivity contribution in [3.63, 3.8) is 0 Å². The van der Waals surface area contributed by atoms with Crippen molar-refractivity contribution in [1.82, 2.24) is 5.32 Å². The van der Waals surface area contributed by atoms with Crippen LogP contribution in [0.5, 0.6) is 5.75 Å². The van der Waals surface area contributed by atoms with E-state index in [1.54, 1.807) is 6.07 Å². The molecule has 1 aromatic carbocycles. The van der Waals surface area contributed by atoms with Crippen LogP contribution in [0.2, 0.25) is 0 Å². The second-order valence-corrected chi connectivity index (χ2v) is 6.68. The van der Waals surface area contributed by atoms with Crippen LogP contribution in [0.15, 0.2) is 24.3 Å². The molecule has 1 rings (SSSR count). The number of urea groups is 1. The summed E-state index contributed by atoms with van der Waals surface area (Å²) in [5.41, 5.74) is 0.563. The molecule has 5 heteroatoms. The molecule has 3 N–H and O–H groups in total. The third kappa shape index (κ3) is 7.31. The number of aliphatic hydroxyl groups is 1. The van der Waals surface area contributed by atoms with Gasteiger partial charge in [-0.05, 0) is 29.9 Å². The molecule has 0 aliphatic carbocycles. The molecule has 124 valence electrons. The Labute approximate surface area is 133 Å². The van der Waals surface area contributed by atoms with Crippen LogP contribution in [0, 0.1) is 11.3 Å². The molecule has 0 radical (unpaired) electrons. The highest BCUT2D eigenvalue weighted by Gasteiger charge is 2.18. The second-order valence-electron chi connectivity index (χ2n) is 6.68. The summed E-state index contributed by atoms with van der Waals surface area (Å²) in [4.78, 5) is 11.9. The van der Waals surface area contributed by atoms with Crippen LogP contribution in [-0.4, -0.2) is 30.9 Å². The standard InChI is InChI=1S/C17H28N2O3/c1-13(2)11-22-15-7-5-6-14(10-15)19-16(21)18-12-17(3,4)8-9-20/h5-7,10,13,20H,8-9,11-12H2,1-4H3,(H2,18,19,21). The van der Waals surface area contributed by atoms with Crippen LogP contribution < -0.4 is 15.4 Å². The minimum Gasteiger partial charge on any atom is -0.493 e. The molecule has 0 spiro atoms. The van der Waals surface area contributed by atoms with Gasteiger partial charge in [-0.2, -0.15) is 0 Å². The van der Waals surface area contributed by atoms with Gasteiger partial charge in [0.2, 0.25) is 0 Å². The van der Waals surface area contributed by atoms with E-state index in [1.807, 2.05) is 32.0 Å². The van der Waals surface area contributed by atoms with E-state index in [-0.39, 0.29) is 18.1 Å². The maximum absolute atomic E-state index is 11.9. The Bertz CT molecular complexity index is 473. The zero-order chi connectivity index (χ0) is 16.6. The Balaban J connectivity index is 2.49. The Morgan fingerprint density at radius 1 is 1.36 bits per heavy atom. The summed E-state index contributed by atoms with van der Waals surface area (Å²) >= 11 is 0. The largest absolute Gasteiger partial charge is 0.493 e. The fourth-order valence-corrected chi connectivity index (χ4v) is 1.81. The van der Waals surface area contributed by atoms with Crippen molar-refractivity contribution in [1.29, 1.82) is 0 Å². The molecule has 0 saturated carbocycles. The molecule has 0 bridgehead atoms. The lowest BCUT2D eigenvalue weighted by Gasteiger charge is -2.23. The minimum atomic E-state index is -0.257. The number of hydrogen-bond acceptors (Lipinski definition) is 3. The number of benzene rings is 1. The maximum Gasteiger partial charge on any atom is 0.319 e. The molecular formula is C17H28N2O3. The molecule has 22 heavy (non-hydrogen) atoms. The zero-order valence-corrected chi connectivity index (χ0v) is 14.0. The zero-order valence-electron chi connectivity index (χ0n) is 14.0. The first-order chi connectivity index (χ1) is 10.3. The third-order valence-electron chi connectivity index (χ3n) is 3.19. The van der Waals surface area contributed by atoms with Crippen molar-refractivity contribution in [3.8, 4) is 5.75 Å². The molecule has 2 amide bonds. The van der Waals surface area contributed by atoms with Crippen molar-refractivity contribution < 1.29 is 14.6 Å². The SMILES string of the molecule is CC(C)COc1cccc(NC(=O)NCC(C)(C)CCO)c1. The van der Waals surface area contributed by atoms with Gasteiger partial charge in [-0.3, -0.25) is 0 Å². The van der Waals surface area contributed by atoms with E-state index in [0.717, 1.165) is 5.75 Å². The Kier molecular flexibility index (Phi) is 7.18. The fourth-order valence-electron chi connectivity index (χ4n) is 1.81. The second kappa shape index (κ2) is 8.63. The first-order valence-corrected chi connectivity index (χ1v) is 7.71. The van der Waals surface area contributed by atoms with Gasteiger partial charge in [-0.1, -0.05) is 33.8 Å². The van der Waals surface area contributed by atoms with Crippen LogP contribution >= 0.6 is 0 Å². The summed E-state index contributed by atoms with van der Waals surface area (Å²) in [6.07, 6.45) is 0.645. The van der Waals surface area contributed by atoms with E-state index < -0.39 is 0 Å². The normalized spacial score (nSPS) is 11.4. The van der Waals surface area contributed by atoms with E-state index >= 15 is 0 Å². The van der Waals surface area contributed by atoms with Crippen molar-refractivity contribution >= 4 is 11.7 Å². The summed E-state index contributed by atoms with van der Waals surface area (Å²) < 4.78 is 5.64. The summed E-state index contributed by atoms with van der Waals surface area (Å²) in [6, 6.07) is 7.09. The number of hydrogen-bond donors (Lipinski definition) is 3. The van der Waals surface area contributed by atoms with Crippen LogP contribution in [0.4, 0.5) is 10.5 Å². The highest BCUT2D eigenvalue weighted by atomic mass is 16.5. The third-order valence-corrected chi connectivity index (χ3v) is 3.19. The summed E-state index contributed by atoms with van der Waals surface area (Å²) in [6.45, 7) is 9.45. The summed E-state index contributed by atoms with van der Waals surface area (Å²) in [7, 11) is 0. The lowest BCUT2D eigenvalue weighted by atomic mass is 9.90. The Morgan fingerprint density at radius 2 is 2.09 bits per heavy atom. The quantitative estimate of drug-likeness (QED) is 0.690. The molecule has 0 saturated heterocycles. The number of ether oxygens (including phenoxy) is 1. The molecule has 0 aliphatic heterocycles. The number of amides is 2. The molecule has 0 fully saturated rings. The van der Waals surface area contributed by atoms with E-state index in [0.29, 0.717) is 31.2 Å². The maximum atomic E-state index is 11.9. The van der Waals surface area contributed by atoms with Crippen LogP contribution in [-0.2, 0) is 0 Å². The average Bonchev–Trinajstić information content (AvgIpc) is 2.43. The first-order valence-electron chi connectivity index (χ1n) is 7.71. The van der Waals surface area contributed by atoms with Gasteiger partial charge in [-0.25, -0.2) is 4.79 Å². The molecule has 0 atom stereocenters. The van der Waals surface area contributed by atoms with Crippen molar-refractivity contribution in [2.75, 3.05) is 25.1 Å². The molecule has 0 aromatic heterocycles. The predicted octanol–water partition coefficient (Wildman–Crippen LogP) is 3.25. The first kappa shape index (κ1) is 18.3. The lowest BCUT2D eigenvalue weighted by molar-refractivity contribution is 0.204. The number of anilines is 1.